The number of rotatable bonds is 5. The number of aromatic nitrogens is 2. The number of hydrogen-bond donors (Lipinski definition) is 0. The third kappa shape index (κ3) is 3.98. The van der Waals surface area contributed by atoms with E-state index in [9.17, 15) is 9.59 Å². The predicted molar refractivity (Wildman–Crippen MR) is 132 cm³/mol. The van der Waals surface area contributed by atoms with Crippen molar-refractivity contribution in [3.63, 3.8) is 0 Å². The second-order valence-electron chi connectivity index (χ2n) is 11.2. The van der Waals surface area contributed by atoms with E-state index < -0.39 is 0 Å². The molecule has 4 fully saturated rings. The summed E-state index contributed by atoms with van der Waals surface area (Å²) in [6.45, 7) is 2.10. The molecule has 0 radical (unpaired) electrons. The fraction of sp³-hybridized carbons (Fsp3) is 0.679. The molecule has 1 aromatic carbocycles. The van der Waals surface area contributed by atoms with Gasteiger partial charge >= 0.3 is 5.97 Å². The number of benzene rings is 1. The fourth-order valence-electron chi connectivity index (χ4n) is 7.96. The first kappa shape index (κ1) is 22.3. The van der Waals surface area contributed by atoms with Crippen molar-refractivity contribution >= 4 is 17.0 Å². The normalized spacial score (nSPS) is 33.2. The van der Waals surface area contributed by atoms with Gasteiger partial charge in [0, 0.05) is 24.2 Å². The minimum Gasteiger partial charge on any atom is -0.466 e. The summed E-state index contributed by atoms with van der Waals surface area (Å²) in [6.07, 6.45) is 13.0. The molecule has 3 heterocycles. The second-order valence-corrected chi connectivity index (χ2v) is 11.2. The fourth-order valence-corrected chi connectivity index (χ4v) is 7.96. The van der Waals surface area contributed by atoms with Crippen molar-refractivity contribution < 1.29 is 9.53 Å². The van der Waals surface area contributed by atoms with Crippen molar-refractivity contribution in [2.75, 3.05) is 6.61 Å². The summed E-state index contributed by atoms with van der Waals surface area (Å²) in [4.78, 5) is 33.3. The number of hydrogen-bond acceptors (Lipinski definition) is 5. The molecular formula is C28H37N3O3. The summed E-state index contributed by atoms with van der Waals surface area (Å²) >= 11 is 0. The number of esters is 1. The lowest BCUT2D eigenvalue weighted by atomic mass is 9.69. The van der Waals surface area contributed by atoms with Gasteiger partial charge in [0.05, 0.1) is 24.1 Å². The van der Waals surface area contributed by atoms with E-state index in [4.69, 9.17) is 4.74 Å². The van der Waals surface area contributed by atoms with Gasteiger partial charge in [-0.2, -0.15) is 0 Å². The molecule has 6 rings (SSSR count). The molecule has 6 heteroatoms. The topological polar surface area (TPSA) is 64.4 Å². The molecule has 0 spiro atoms. The Bertz CT molecular complexity index is 1100. The Labute approximate surface area is 201 Å². The van der Waals surface area contributed by atoms with Gasteiger partial charge in [-0.05, 0) is 75.8 Å². The quantitative estimate of drug-likeness (QED) is 0.605. The maximum Gasteiger partial charge on any atom is 0.312 e. The molecule has 2 aliphatic carbocycles. The Hall–Kier alpha value is -2.21. The number of fused-ring (bicyclic) bond motifs is 5. The van der Waals surface area contributed by atoms with Crippen LogP contribution in [0.1, 0.15) is 82.9 Å². The van der Waals surface area contributed by atoms with Gasteiger partial charge in [-0.3, -0.25) is 14.5 Å². The van der Waals surface area contributed by atoms with Crippen molar-refractivity contribution in [1.82, 2.24) is 14.5 Å². The zero-order chi connectivity index (χ0) is 23.2. The first-order chi connectivity index (χ1) is 16.6. The SMILES string of the molecule is CCOC(=O)Cc1nc2ccccc2n(C2C[C@H]3CC[C@@H](C2)N3C2CC3CCCC(C3)C2)c1=O. The minimum absolute atomic E-state index is 0.0614. The van der Waals surface area contributed by atoms with Crippen LogP contribution in [0.3, 0.4) is 0 Å². The lowest BCUT2D eigenvalue weighted by molar-refractivity contribution is -0.142. The molecule has 4 aliphatic rings. The van der Waals surface area contributed by atoms with Crippen LogP contribution in [0.2, 0.25) is 0 Å². The molecule has 5 atom stereocenters. The van der Waals surface area contributed by atoms with Gasteiger partial charge in [0.2, 0.25) is 0 Å². The summed E-state index contributed by atoms with van der Waals surface area (Å²) in [6, 6.07) is 9.93. The number of nitrogens with zero attached hydrogens (tertiary/aromatic N) is 3. The van der Waals surface area contributed by atoms with Crippen molar-refractivity contribution in [2.24, 2.45) is 11.8 Å². The standard InChI is InChI=1S/C28H37N3O3/c1-2-34-27(32)17-25-28(33)31(26-9-4-3-8-24(26)29-25)23-15-20-10-11-21(16-23)30(20)22-13-18-6-5-7-19(12-18)14-22/h3-4,8-9,18-23H,2,5-7,10-17H2,1H3/t18?,19?,20-,21+,22?,23?. The van der Waals surface area contributed by atoms with Gasteiger partial charge < -0.3 is 9.30 Å². The molecule has 2 aromatic rings. The summed E-state index contributed by atoms with van der Waals surface area (Å²) in [5.41, 5.74) is 1.88. The molecule has 0 amide bonds. The van der Waals surface area contributed by atoms with Gasteiger partial charge in [0.1, 0.15) is 5.69 Å². The average molecular weight is 464 g/mol. The molecule has 2 aliphatic heterocycles. The smallest absolute Gasteiger partial charge is 0.312 e. The average Bonchev–Trinajstić information content (AvgIpc) is 3.09. The molecule has 2 saturated heterocycles. The monoisotopic (exact) mass is 463 g/mol. The molecular weight excluding hydrogens is 426 g/mol. The van der Waals surface area contributed by atoms with Crippen LogP contribution in [0.5, 0.6) is 0 Å². The summed E-state index contributed by atoms with van der Waals surface area (Å²) in [5.74, 6) is 1.49. The Morgan fingerprint density at radius 1 is 0.941 bits per heavy atom. The predicted octanol–water partition coefficient (Wildman–Crippen LogP) is 4.64. The van der Waals surface area contributed by atoms with E-state index in [-0.39, 0.29) is 24.0 Å². The van der Waals surface area contributed by atoms with Gasteiger partial charge in [-0.25, -0.2) is 4.98 Å². The first-order valence-electron chi connectivity index (χ1n) is 13.5. The molecule has 0 N–H and O–H groups in total. The zero-order valence-corrected chi connectivity index (χ0v) is 20.3. The van der Waals surface area contributed by atoms with Gasteiger partial charge in [0.25, 0.3) is 5.56 Å². The number of para-hydroxylation sites is 2. The van der Waals surface area contributed by atoms with Gasteiger partial charge in [-0.1, -0.05) is 31.4 Å². The highest BCUT2D eigenvalue weighted by molar-refractivity contribution is 5.77. The Morgan fingerprint density at radius 3 is 2.35 bits per heavy atom. The van der Waals surface area contributed by atoms with Crippen LogP contribution < -0.4 is 5.56 Å². The van der Waals surface area contributed by atoms with E-state index in [0.717, 1.165) is 41.8 Å². The van der Waals surface area contributed by atoms with E-state index in [2.05, 4.69) is 9.88 Å². The lowest BCUT2D eigenvalue weighted by Gasteiger charge is -2.49. The summed E-state index contributed by atoms with van der Waals surface area (Å²) in [7, 11) is 0. The number of carbonyl (C=O) groups is 1. The van der Waals surface area contributed by atoms with Crippen molar-refractivity contribution in [3.8, 4) is 0 Å². The van der Waals surface area contributed by atoms with E-state index in [0.29, 0.717) is 24.4 Å². The Kier molecular flexibility index (Phi) is 5.96. The highest BCUT2D eigenvalue weighted by Gasteiger charge is 2.47. The van der Waals surface area contributed by atoms with Crippen LogP contribution >= 0.6 is 0 Å². The summed E-state index contributed by atoms with van der Waals surface area (Å²) < 4.78 is 7.10. The van der Waals surface area contributed by atoms with E-state index in [1.165, 1.54) is 51.4 Å². The number of carbonyl (C=O) groups excluding carboxylic acids is 1. The maximum absolute atomic E-state index is 13.7. The van der Waals surface area contributed by atoms with Crippen LogP contribution in [0.4, 0.5) is 0 Å². The molecule has 3 unspecified atom stereocenters. The molecule has 34 heavy (non-hydrogen) atoms. The van der Waals surface area contributed by atoms with Crippen LogP contribution in [-0.2, 0) is 16.0 Å². The number of piperidine rings is 1. The molecule has 1 aromatic heterocycles. The third-order valence-corrected chi connectivity index (χ3v) is 9.13. The molecule has 2 saturated carbocycles. The van der Waals surface area contributed by atoms with Crippen molar-refractivity contribution in [3.05, 3.63) is 40.3 Å². The van der Waals surface area contributed by atoms with Gasteiger partial charge in [0.15, 0.2) is 0 Å². The first-order valence-corrected chi connectivity index (χ1v) is 13.5. The van der Waals surface area contributed by atoms with Crippen LogP contribution in [0.15, 0.2) is 29.1 Å². The van der Waals surface area contributed by atoms with Crippen molar-refractivity contribution in [1.29, 1.82) is 0 Å². The van der Waals surface area contributed by atoms with Gasteiger partial charge in [-0.15, -0.1) is 0 Å². The largest absolute Gasteiger partial charge is 0.466 e. The molecule has 4 bridgehead atoms. The van der Waals surface area contributed by atoms with Crippen LogP contribution in [-0.4, -0.2) is 45.2 Å². The molecule has 6 nitrogen and oxygen atoms in total. The summed E-state index contributed by atoms with van der Waals surface area (Å²) in [5, 5.41) is 0. The highest BCUT2D eigenvalue weighted by Crippen LogP contribution is 2.48. The van der Waals surface area contributed by atoms with Crippen LogP contribution in [0, 0.1) is 11.8 Å². The Morgan fingerprint density at radius 2 is 1.65 bits per heavy atom. The van der Waals surface area contributed by atoms with Crippen LogP contribution in [0.25, 0.3) is 11.0 Å². The Balaban J connectivity index is 1.30. The molecule has 182 valence electrons. The van der Waals surface area contributed by atoms with Crippen molar-refractivity contribution in [2.45, 2.75) is 102 Å². The van der Waals surface area contributed by atoms with E-state index >= 15 is 0 Å². The lowest BCUT2D eigenvalue weighted by Crippen LogP contribution is -2.52. The third-order valence-electron chi connectivity index (χ3n) is 9.13. The number of ether oxygens (including phenoxy) is 1. The van der Waals surface area contributed by atoms with E-state index in [1.807, 2.05) is 28.8 Å². The maximum atomic E-state index is 13.7. The highest BCUT2D eigenvalue weighted by atomic mass is 16.5. The van der Waals surface area contributed by atoms with E-state index in [1.54, 1.807) is 6.92 Å². The second kappa shape index (κ2) is 9.10. The zero-order valence-electron chi connectivity index (χ0n) is 20.3. The minimum atomic E-state index is -0.383.